The molecule has 1 aromatic carbocycles. The number of hydrogen-bond acceptors (Lipinski definition) is 6. The topological polar surface area (TPSA) is 93.0 Å². The Morgan fingerprint density at radius 2 is 1.79 bits per heavy atom. The van der Waals surface area contributed by atoms with Crippen molar-refractivity contribution in [3.63, 3.8) is 0 Å². The van der Waals surface area contributed by atoms with Gasteiger partial charge in [0.15, 0.2) is 0 Å². The summed E-state index contributed by atoms with van der Waals surface area (Å²) in [7, 11) is 0. The quantitative estimate of drug-likeness (QED) is 0.526. The zero-order valence-electron chi connectivity index (χ0n) is 14.1. The second-order valence-corrected chi connectivity index (χ2v) is 5.53. The number of aryl methyl sites for hydroxylation is 1. The van der Waals surface area contributed by atoms with Crippen LogP contribution < -0.4 is 10.6 Å². The number of nitrogens with zero attached hydrogens (tertiary/aromatic N) is 3. The zero-order chi connectivity index (χ0) is 17.4. The van der Waals surface area contributed by atoms with Crippen molar-refractivity contribution < 1.29 is 4.92 Å². The van der Waals surface area contributed by atoms with Gasteiger partial charge < -0.3 is 10.6 Å². The molecule has 0 saturated carbocycles. The molecule has 7 nitrogen and oxygen atoms in total. The minimum Gasteiger partial charge on any atom is -0.364 e. The Labute approximate surface area is 141 Å². The molecule has 0 aliphatic heterocycles. The van der Waals surface area contributed by atoms with Gasteiger partial charge in [-0.05, 0) is 37.0 Å². The molecule has 2 rings (SSSR count). The van der Waals surface area contributed by atoms with Gasteiger partial charge in [-0.25, -0.2) is 9.97 Å². The molecule has 24 heavy (non-hydrogen) atoms. The average Bonchev–Trinajstić information content (AvgIpc) is 2.59. The van der Waals surface area contributed by atoms with Gasteiger partial charge >= 0.3 is 5.69 Å². The number of hydrogen-bond donors (Lipinski definition) is 2. The number of rotatable bonds is 9. The van der Waals surface area contributed by atoms with E-state index in [1.165, 1.54) is 11.9 Å². The highest BCUT2D eigenvalue weighted by Crippen LogP contribution is 2.31. The van der Waals surface area contributed by atoms with Crippen LogP contribution in [0.4, 0.5) is 23.0 Å². The van der Waals surface area contributed by atoms with Crippen LogP contribution in [0.15, 0.2) is 30.6 Å². The van der Waals surface area contributed by atoms with Gasteiger partial charge in [-0.2, -0.15) is 0 Å². The van der Waals surface area contributed by atoms with E-state index in [1.807, 2.05) is 31.2 Å². The van der Waals surface area contributed by atoms with Gasteiger partial charge in [0.2, 0.25) is 11.6 Å². The van der Waals surface area contributed by atoms with Crippen molar-refractivity contribution >= 4 is 23.0 Å². The maximum Gasteiger partial charge on any atom is 0.353 e. The minimum absolute atomic E-state index is 0.138. The summed E-state index contributed by atoms with van der Waals surface area (Å²) < 4.78 is 0. The minimum atomic E-state index is -0.462. The molecule has 0 aliphatic rings. The SMILES string of the molecule is CCCCc1ccc(Nc2ncnc(NCCC)c2[N+](=O)[O-])cc1. The second-order valence-electron chi connectivity index (χ2n) is 5.53. The molecule has 0 amide bonds. The predicted octanol–water partition coefficient (Wildman–Crippen LogP) is 4.29. The molecule has 1 heterocycles. The van der Waals surface area contributed by atoms with Gasteiger partial charge in [0, 0.05) is 12.2 Å². The highest BCUT2D eigenvalue weighted by atomic mass is 16.6. The first-order valence-corrected chi connectivity index (χ1v) is 8.25. The molecule has 0 radical (unpaired) electrons. The summed E-state index contributed by atoms with van der Waals surface area (Å²) in [5, 5.41) is 17.4. The Kier molecular flexibility index (Phi) is 6.48. The molecule has 0 fully saturated rings. The van der Waals surface area contributed by atoms with E-state index in [2.05, 4.69) is 27.5 Å². The van der Waals surface area contributed by atoms with Crippen molar-refractivity contribution in [1.29, 1.82) is 0 Å². The zero-order valence-corrected chi connectivity index (χ0v) is 14.1. The fourth-order valence-corrected chi connectivity index (χ4v) is 2.29. The summed E-state index contributed by atoms with van der Waals surface area (Å²) in [5.74, 6) is 0.425. The lowest BCUT2D eigenvalue weighted by molar-refractivity contribution is -0.383. The number of aromatic nitrogens is 2. The second kappa shape index (κ2) is 8.81. The number of benzene rings is 1. The molecule has 0 spiro atoms. The Bertz CT molecular complexity index is 673. The molecule has 7 heteroatoms. The van der Waals surface area contributed by atoms with E-state index in [9.17, 15) is 10.1 Å². The Morgan fingerprint density at radius 1 is 1.08 bits per heavy atom. The van der Waals surface area contributed by atoms with E-state index in [4.69, 9.17) is 0 Å². The van der Waals surface area contributed by atoms with Crippen LogP contribution in [-0.2, 0) is 6.42 Å². The molecular weight excluding hydrogens is 306 g/mol. The molecule has 2 N–H and O–H groups in total. The Balaban J connectivity index is 2.20. The molecule has 0 bridgehead atoms. The maximum atomic E-state index is 11.4. The summed E-state index contributed by atoms with van der Waals surface area (Å²) in [6, 6.07) is 7.88. The van der Waals surface area contributed by atoms with Crippen molar-refractivity contribution in [3.8, 4) is 0 Å². The van der Waals surface area contributed by atoms with E-state index in [0.29, 0.717) is 6.54 Å². The van der Waals surface area contributed by atoms with Gasteiger partial charge in [-0.15, -0.1) is 0 Å². The van der Waals surface area contributed by atoms with Crippen LogP contribution >= 0.6 is 0 Å². The van der Waals surface area contributed by atoms with Gasteiger partial charge in [0.1, 0.15) is 6.33 Å². The fraction of sp³-hybridized carbons (Fsp3) is 0.412. The fourth-order valence-electron chi connectivity index (χ4n) is 2.29. The van der Waals surface area contributed by atoms with Crippen LogP contribution in [0.2, 0.25) is 0 Å². The third-order valence-electron chi connectivity index (χ3n) is 3.58. The molecule has 0 saturated heterocycles. The Morgan fingerprint density at radius 3 is 2.42 bits per heavy atom. The van der Waals surface area contributed by atoms with Crippen LogP contribution in [0, 0.1) is 10.1 Å². The van der Waals surface area contributed by atoms with Crippen LogP contribution in [0.3, 0.4) is 0 Å². The first-order valence-electron chi connectivity index (χ1n) is 8.25. The highest BCUT2D eigenvalue weighted by Gasteiger charge is 2.22. The summed E-state index contributed by atoms with van der Waals surface area (Å²) in [4.78, 5) is 19.0. The first kappa shape index (κ1) is 17.7. The average molecular weight is 329 g/mol. The molecule has 1 aromatic heterocycles. The van der Waals surface area contributed by atoms with Crippen molar-refractivity contribution in [2.24, 2.45) is 0 Å². The van der Waals surface area contributed by atoms with Crippen LogP contribution in [-0.4, -0.2) is 21.4 Å². The first-order chi connectivity index (χ1) is 11.7. The van der Waals surface area contributed by atoms with Crippen molar-refractivity contribution in [3.05, 3.63) is 46.3 Å². The third kappa shape index (κ3) is 4.65. The number of unbranched alkanes of at least 4 members (excludes halogenated alkanes) is 1. The van der Waals surface area contributed by atoms with E-state index in [1.54, 1.807) is 0 Å². The molecule has 0 aliphatic carbocycles. The largest absolute Gasteiger partial charge is 0.364 e. The van der Waals surface area contributed by atoms with Crippen molar-refractivity contribution in [2.75, 3.05) is 17.2 Å². The van der Waals surface area contributed by atoms with Crippen molar-refractivity contribution in [1.82, 2.24) is 9.97 Å². The van der Waals surface area contributed by atoms with E-state index in [-0.39, 0.29) is 17.3 Å². The predicted molar refractivity (Wildman–Crippen MR) is 95.8 cm³/mol. The molecule has 0 unspecified atom stereocenters. The van der Waals surface area contributed by atoms with Gasteiger partial charge in [-0.1, -0.05) is 32.4 Å². The lowest BCUT2D eigenvalue weighted by Crippen LogP contribution is -2.08. The van der Waals surface area contributed by atoms with E-state index >= 15 is 0 Å². The van der Waals surface area contributed by atoms with Gasteiger partial charge in [0.05, 0.1) is 4.92 Å². The number of anilines is 3. The standard InChI is InChI=1S/C17H23N5O2/c1-3-5-6-13-7-9-14(10-8-13)21-17-15(22(23)24)16(18-11-4-2)19-12-20-17/h7-10,12H,3-6,11H2,1-2H3,(H2,18,19,20,21). The molecular formula is C17H23N5O2. The van der Waals surface area contributed by atoms with Gasteiger partial charge in [0.25, 0.3) is 0 Å². The molecule has 2 aromatic rings. The van der Waals surface area contributed by atoms with Crippen LogP contribution in [0.5, 0.6) is 0 Å². The van der Waals surface area contributed by atoms with Crippen LogP contribution in [0.1, 0.15) is 38.7 Å². The van der Waals surface area contributed by atoms with Crippen LogP contribution in [0.25, 0.3) is 0 Å². The monoisotopic (exact) mass is 329 g/mol. The summed E-state index contributed by atoms with van der Waals surface area (Å²) >= 11 is 0. The molecule has 128 valence electrons. The Hall–Kier alpha value is -2.70. The summed E-state index contributed by atoms with van der Waals surface area (Å²) in [5.41, 5.74) is 1.88. The third-order valence-corrected chi connectivity index (χ3v) is 3.58. The summed E-state index contributed by atoms with van der Waals surface area (Å²) in [6.07, 6.45) is 5.51. The number of nitro groups is 1. The normalized spacial score (nSPS) is 10.4. The lowest BCUT2D eigenvalue weighted by Gasteiger charge is -2.10. The van der Waals surface area contributed by atoms with E-state index < -0.39 is 4.92 Å². The van der Waals surface area contributed by atoms with Crippen molar-refractivity contribution in [2.45, 2.75) is 39.5 Å². The summed E-state index contributed by atoms with van der Waals surface area (Å²) in [6.45, 7) is 4.76. The number of nitrogens with one attached hydrogen (secondary N) is 2. The van der Waals surface area contributed by atoms with E-state index in [0.717, 1.165) is 31.4 Å². The molecule has 0 atom stereocenters. The maximum absolute atomic E-state index is 11.4. The van der Waals surface area contributed by atoms with Gasteiger partial charge in [-0.3, -0.25) is 10.1 Å². The smallest absolute Gasteiger partial charge is 0.353 e. The lowest BCUT2D eigenvalue weighted by atomic mass is 10.1. The highest BCUT2D eigenvalue weighted by molar-refractivity contribution is 5.73.